The first-order valence-corrected chi connectivity index (χ1v) is 8.47. The van der Waals surface area contributed by atoms with E-state index in [0.29, 0.717) is 12.5 Å². The van der Waals surface area contributed by atoms with Crippen LogP contribution in [0.1, 0.15) is 25.5 Å². The Morgan fingerprint density at radius 2 is 2.14 bits per heavy atom. The molecular formula is C15H22BrClN4. The summed E-state index contributed by atoms with van der Waals surface area (Å²) in [7, 11) is 0. The Morgan fingerprint density at radius 3 is 2.76 bits per heavy atom. The van der Waals surface area contributed by atoms with Gasteiger partial charge in [0.1, 0.15) is 0 Å². The van der Waals surface area contributed by atoms with Crippen molar-refractivity contribution in [2.75, 3.05) is 32.7 Å². The van der Waals surface area contributed by atoms with Crippen LogP contribution in [0.25, 0.3) is 0 Å². The smallest absolute Gasteiger partial charge is 0.191 e. The van der Waals surface area contributed by atoms with E-state index in [1.165, 1.54) is 5.56 Å². The fourth-order valence-corrected chi connectivity index (χ4v) is 3.11. The Bertz CT molecular complexity index is 516. The molecule has 1 aromatic carbocycles. The molecule has 116 valence electrons. The summed E-state index contributed by atoms with van der Waals surface area (Å²) in [5.41, 5.74) is 7.25. The first-order valence-electron chi connectivity index (χ1n) is 7.30. The minimum Gasteiger partial charge on any atom is -0.370 e. The highest BCUT2D eigenvalue weighted by atomic mass is 79.9. The molecule has 0 spiro atoms. The molecular weight excluding hydrogens is 352 g/mol. The van der Waals surface area contributed by atoms with E-state index in [2.05, 4.69) is 56.7 Å². The Kier molecular flexibility index (Phi) is 5.90. The van der Waals surface area contributed by atoms with Gasteiger partial charge < -0.3 is 15.5 Å². The van der Waals surface area contributed by atoms with Crippen LogP contribution in [0.3, 0.4) is 0 Å². The van der Waals surface area contributed by atoms with Gasteiger partial charge in [-0.1, -0.05) is 31.5 Å². The molecule has 0 aliphatic carbocycles. The van der Waals surface area contributed by atoms with Gasteiger partial charge in [0.25, 0.3) is 0 Å². The van der Waals surface area contributed by atoms with E-state index in [-0.39, 0.29) is 6.04 Å². The monoisotopic (exact) mass is 372 g/mol. The maximum absolute atomic E-state index is 6.07. The topological polar surface area (TPSA) is 44.9 Å². The van der Waals surface area contributed by atoms with Crippen LogP contribution in [-0.2, 0) is 0 Å². The van der Waals surface area contributed by atoms with E-state index < -0.39 is 0 Å². The molecule has 0 radical (unpaired) electrons. The number of halogens is 2. The highest BCUT2D eigenvalue weighted by molar-refractivity contribution is 9.10. The summed E-state index contributed by atoms with van der Waals surface area (Å²) in [4.78, 5) is 8.99. The van der Waals surface area contributed by atoms with Crippen LogP contribution in [0.15, 0.2) is 27.7 Å². The van der Waals surface area contributed by atoms with Crippen LogP contribution in [-0.4, -0.2) is 48.5 Å². The fraction of sp³-hybridized carbons (Fsp3) is 0.533. The minimum absolute atomic E-state index is 0.203. The second-order valence-corrected chi connectivity index (χ2v) is 6.37. The van der Waals surface area contributed by atoms with Crippen molar-refractivity contribution in [2.45, 2.75) is 19.9 Å². The predicted octanol–water partition coefficient (Wildman–Crippen LogP) is 3.12. The Labute approximate surface area is 140 Å². The molecule has 2 N–H and O–H groups in total. The van der Waals surface area contributed by atoms with Crippen molar-refractivity contribution in [3.05, 3.63) is 33.3 Å². The van der Waals surface area contributed by atoms with Gasteiger partial charge in [-0.15, -0.1) is 0 Å². The van der Waals surface area contributed by atoms with Crippen molar-refractivity contribution < 1.29 is 0 Å². The van der Waals surface area contributed by atoms with Crippen LogP contribution in [0.2, 0.25) is 5.02 Å². The molecule has 0 amide bonds. The molecule has 1 aliphatic heterocycles. The van der Waals surface area contributed by atoms with Crippen LogP contribution in [0, 0.1) is 0 Å². The van der Waals surface area contributed by atoms with E-state index in [9.17, 15) is 0 Å². The molecule has 2 rings (SSSR count). The SMILES string of the molecule is CCN(CC)CCN1C(N)=NCC1c1ccc(Cl)c(Br)c1. The van der Waals surface area contributed by atoms with Crippen molar-refractivity contribution in [2.24, 2.45) is 10.7 Å². The largest absolute Gasteiger partial charge is 0.370 e. The van der Waals surface area contributed by atoms with Gasteiger partial charge in [-0.25, -0.2) is 0 Å². The lowest BCUT2D eigenvalue weighted by atomic mass is 10.1. The number of guanidine groups is 1. The van der Waals surface area contributed by atoms with Gasteiger partial charge in [0, 0.05) is 17.6 Å². The summed E-state index contributed by atoms with van der Waals surface area (Å²) >= 11 is 9.56. The molecule has 0 bridgehead atoms. The van der Waals surface area contributed by atoms with Crippen molar-refractivity contribution in [1.82, 2.24) is 9.80 Å². The highest BCUT2D eigenvalue weighted by Crippen LogP contribution is 2.30. The average Bonchev–Trinajstić information content (AvgIpc) is 2.84. The summed E-state index contributed by atoms with van der Waals surface area (Å²) in [5, 5.41) is 0.723. The van der Waals surface area contributed by atoms with Crippen molar-refractivity contribution in [1.29, 1.82) is 0 Å². The van der Waals surface area contributed by atoms with Crippen LogP contribution < -0.4 is 5.73 Å². The normalized spacial score (nSPS) is 18.4. The quantitative estimate of drug-likeness (QED) is 0.833. The van der Waals surface area contributed by atoms with Crippen LogP contribution >= 0.6 is 27.5 Å². The van der Waals surface area contributed by atoms with E-state index >= 15 is 0 Å². The fourth-order valence-electron chi connectivity index (χ4n) is 2.59. The number of nitrogens with zero attached hydrogens (tertiary/aromatic N) is 3. The molecule has 0 saturated carbocycles. The van der Waals surface area contributed by atoms with Crippen molar-refractivity contribution >= 4 is 33.5 Å². The van der Waals surface area contributed by atoms with Crippen LogP contribution in [0.4, 0.5) is 0 Å². The molecule has 0 aromatic heterocycles. The number of rotatable bonds is 6. The Morgan fingerprint density at radius 1 is 1.43 bits per heavy atom. The number of nitrogens with two attached hydrogens (primary N) is 1. The maximum atomic E-state index is 6.07. The highest BCUT2D eigenvalue weighted by Gasteiger charge is 2.27. The molecule has 1 unspecified atom stereocenters. The molecule has 1 heterocycles. The van der Waals surface area contributed by atoms with Gasteiger partial charge in [0.15, 0.2) is 5.96 Å². The lowest BCUT2D eigenvalue weighted by Gasteiger charge is -2.29. The first kappa shape index (κ1) is 16.6. The Hall–Kier alpha value is -0.780. The first-order chi connectivity index (χ1) is 10.1. The lowest BCUT2D eigenvalue weighted by Crippen LogP contribution is -2.41. The number of hydrogen-bond acceptors (Lipinski definition) is 4. The minimum atomic E-state index is 0.203. The number of likely N-dealkylation sites (N-methyl/N-ethyl adjacent to an activating group) is 1. The standard InChI is InChI=1S/C15H22BrClN4/c1-3-20(4-2)7-8-21-14(10-19-15(21)18)11-5-6-13(17)12(16)9-11/h5-6,9,14H,3-4,7-8,10H2,1-2H3,(H2,18,19). The summed E-state index contributed by atoms with van der Waals surface area (Å²) in [5.74, 6) is 0.637. The van der Waals surface area contributed by atoms with E-state index in [0.717, 1.165) is 35.7 Å². The molecule has 1 aliphatic rings. The summed E-state index contributed by atoms with van der Waals surface area (Å²) < 4.78 is 0.913. The van der Waals surface area contributed by atoms with E-state index in [4.69, 9.17) is 17.3 Å². The van der Waals surface area contributed by atoms with Gasteiger partial charge in [0.05, 0.1) is 17.6 Å². The van der Waals surface area contributed by atoms with E-state index in [1.54, 1.807) is 0 Å². The zero-order valence-corrected chi connectivity index (χ0v) is 14.9. The zero-order chi connectivity index (χ0) is 15.4. The summed E-state index contributed by atoms with van der Waals surface area (Å²) in [6.45, 7) is 9.06. The molecule has 6 heteroatoms. The molecule has 1 atom stereocenters. The van der Waals surface area contributed by atoms with Gasteiger partial charge in [-0.2, -0.15) is 0 Å². The third kappa shape index (κ3) is 3.90. The van der Waals surface area contributed by atoms with Crippen LogP contribution in [0.5, 0.6) is 0 Å². The molecule has 1 aromatic rings. The molecule has 21 heavy (non-hydrogen) atoms. The number of hydrogen-bond donors (Lipinski definition) is 1. The van der Waals surface area contributed by atoms with Gasteiger partial charge in [-0.3, -0.25) is 4.99 Å². The molecule has 4 nitrogen and oxygen atoms in total. The third-order valence-corrected chi connectivity index (χ3v) is 5.19. The third-order valence-electron chi connectivity index (χ3n) is 3.98. The second-order valence-electron chi connectivity index (χ2n) is 5.11. The molecule has 0 fully saturated rings. The Balaban J connectivity index is 2.10. The molecule has 0 saturated heterocycles. The predicted molar refractivity (Wildman–Crippen MR) is 92.9 cm³/mol. The van der Waals surface area contributed by atoms with Gasteiger partial charge in [0.2, 0.25) is 0 Å². The van der Waals surface area contributed by atoms with Crippen molar-refractivity contribution in [3.8, 4) is 0 Å². The van der Waals surface area contributed by atoms with Gasteiger partial charge in [-0.05, 0) is 46.7 Å². The van der Waals surface area contributed by atoms with Gasteiger partial charge >= 0.3 is 0 Å². The number of benzene rings is 1. The van der Waals surface area contributed by atoms with E-state index in [1.807, 2.05) is 6.07 Å². The summed E-state index contributed by atoms with van der Waals surface area (Å²) in [6, 6.07) is 6.23. The zero-order valence-electron chi connectivity index (χ0n) is 12.5. The maximum Gasteiger partial charge on any atom is 0.191 e. The average molecular weight is 374 g/mol. The second kappa shape index (κ2) is 7.47. The van der Waals surface area contributed by atoms with Crippen molar-refractivity contribution in [3.63, 3.8) is 0 Å². The number of aliphatic imine (C=N–C) groups is 1. The summed E-state index contributed by atoms with van der Waals surface area (Å²) in [6.07, 6.45) is 0. The lowest BCUT2D eigenvalue weighted by molar-refractivity contribution is 0.248.